The van der Waals surface area contributed by atoms with Crippen molar-refractivity contribution >= 4 is 17.0 Å². The summed E-state index contributed by atoms with van der Waals surface area (Å²) in [5, 5.41) is 5.57. The van der Waals surface area contributed by atoms with Crippen LogP contribution in [0.3, 0.4) is 0 Å². The Hall–Kier alpha value is -1.32. The molecule has 1 atom stereocenters. The molecule has 17 heavy (non-hydrogen) atoms. The topological polar surface area (TPSA) is 38.0 Å². The average Bonchev–Trinajstić information content (AvgIpc) is 2.84. The maximum absolute atomic E-state index is 5.82. The highest BCUT2D eigenvalue weighted by Gasteiger charge is 2.10. The van der Waals surface area contributed by atoms with E-state index in [1.807, 2.05) is 0 Å². The lowest BCUT2D eigenvalue weighted by Crippen LogP contribution is -2.19. The molecule has 0 bridgehead atoms. The van der Waals surface area contributed by atoms with E-state index in [1.54, 1.807) is 11.3 Å². The second-order valence-corrected chi connectivity index (χ2v) is 5.23. The highest BCUT2D eigenvalue weighted by atomic mass is 32.1. The Morgan fingerprint density at radius 1 is 1.24 bits per heavy atom. The molecule has 2 rings (SSSR count). The number of rotatable bonds is 4. The van der Waals surface area contributed by atoms with E-state index in [-0.39, 0.29) is 6.04 Å². The zero-order valence-electron chi connectivity index (χ0n) is 10.2. The third-order valence-corrected chi connectivity index (χ3v) is 3.96. The SMILES string of the molecule is Cc1ccc(NC(CN)c2cccs2)cc1C. The van der Waals surface area contributed by atoms with Gasteiger partial charge in [-0.25, -0.2) is 0 Å². The molecule has 0 spiro atoms. The predicted molar refractivity (Wildman–Crippen MR) is 75.7 cm³/mol. The van der Waals surface area contributed by atoms with Gasteiger partial charge in [-0.2, -0.15) is 0 Å². The number of benzene rings is 1. The smallest absolute Gasteiger partial charge is 0.0728 e. The Kier molecular flexibility index (Phi) is 3.82. The molecule has 2 aromatic rings. The number of thiophene rings is 1. The first-order chi connectivity index (χ1) is 8.20. The standard InChI is InChI=1S/C14H18N2S/c1-10-5-6-12(8-11(10)2)16-13(9-15)14-4-3-7-17-14/h3-8,13,16H,9,15H2,1-2H3. The highest BCUT2D eigenvalue weighted by Crippen LogP contribution is 2.23. The maximum Gasteiger partial charge on any atom is 0.0728 e. The summed E-state index contributed by atoms with van der Waals surface area (Å²) in [6.07, 6.45) is 0. The average molecular weight is 246 g/mol. The number of anilines is 1. The van der Waals surface area contributed by atoms with Gasteiger partial charge in [0.25, 0.3) is 0 Å². The number of aryl methyl sites for hydroxylation is 2. The Morgan fingerprint density at radius 3 is 2.65 bits per heavy atom. The van der Waals surface area contributed by atoms with Crippen LogP contribution in [0.1, 0.15) is 22.0 Å². The van der Waals surface area contributed by atoms with Crippen molar-refractivity contribution in [3.63, 3.8) is 0 Å². The van der Waals surface area contributed by atoms with Crippen LogP contribution in [0.5, 0.6) is 0 Å². The Morgan fingerprint density at radius 2 is 2.06 bits per heavy atom. The molecule has 3 heteroatoms. The summed E-state index contributed by atoms with van der Waals surface area (Å²) < 4.78 is 0. The van der Waals surface area contributed by atoms with Gasteiger partial charge in [-0.05, 0) is 48.6 Å². The first kappa shape index (κ1) is 12.1. The van der Waals surface area contributed by atoms with Gasteiger partial charge in [0.2, 0.25) is 0 Å². The summed E-state index contributed by atoms with van der Waals surface area (Å²) in [6, 6.07) is 10.8. The van der Waals surface area contributed by atoms with E-state index in [9.17, 15) is 0 Å². The lowest BCUT2D eigenvalue weighted by Gasteiger charge is -2.17. The molecule has 2 nitrogen and oxygen atoms in total. The van der Waals surface area contributed by atoms with Gasteiger partial charge < -0.3 is 11.1 Å². The summed E-state index contributed by atoms with van der Waals surface area (Å²) >= 11 is 1.74. The third-order valence-electron chi connectivity index (χ3n) is 2.97. The molecule has 1 unspecified atom stereocenters. The monoisotopic (exact) mass is 246 g/mol. The van der Waals surface area contributed by atoms with E-state index in [4.69, 9.17) is 5.73 Å². The van der Waals surface area contributed by atoms with Crippen molar-refractivity contribution in [1.29, 1.82) is 0 Å². The van der Waals surface area contributed by atoms with Crippen LogP contribution in [0.15, 0.2) is 35.7 Å². The quantitative estimate of drug-likeness (QED) is 0.866. The van der Waals surface area contributed by atoms with E-state index in [2.05, 4.69) is 54.9 Å². The molecule has 0 aliphatic carbocycles. The normalized spacial score (nSPS) is 12.4. The molecule has 0 saturated carbocycles. The van der Waals surface area contributed by atoms with Gasteiger partial charge >= 0.3 is 0 Å². The first-order valence-corrected chi connectivity index (χ1v) is 6.66. The minimum atomic E-state index is 0.206. The maximum atomic E-state index is 5.82. The van der Waals surface area contributed by atoms with Crippen LogP contribution in [0.2, 0.25) is 0 Å². The van der Waals surface area contributed by atoms with Crippen LogP contribution in [0.4, 0.5) is 5.69 Å². The molecular formula is C14H18N2S. The zero-order valence-corrected chi connectivity index (χ0v) is 11.1. The highest BCUT2D eigenvalue weighted by molar-refractivity contribution is 7.10. The van der Waals surface area contributed by atoms with E-state index < -0.39 is 0 Å². The van der Waals surface area contributed by atoms with Gasteiger partial charge in [0.05, 0.1) is 6.04 Å². The van der Waals surface area contributed by atoms with Crippen molar-refractivity contribution in [1.82, 2.24) is 0 Å². The lowest BCUT2D eigenvalue weighted by molar-refractivity contribution is 0.805. The molecule has 0 saturated heterocycles. The van der Waals surface area contributed by atoms with E-state index >= 15 is 0 Å². The second-order valence-electron chi connectivity index (χ2n) is 4.25. The minimum absolute atomic E-state index is 0.206. The van der Waals surface area contributed by atoms with Crippen LogP contribution >= 0.6 is 11.3 Å². The molecule has 0 fully saturated rings. The molecule has 0 aliphatic heterocycles. The molecular weight excluding hydrogens is 228 g/mol. The molecule has 1 heterocycles. The lowest BCUT2D eigenvalue weighted by atomic mass is 10.1. The van der Waals surface area contributed by atoms with Gasteiger partial charge in [-0.3, -0.25) is 0 Å². The van der Waals surface area contributed by atoms with E-state index in [0.717, 1.165) is 5.69 Å². The van der Waals surface area contributed by atoms with Crippen LogP contribution in [0, 0.1) is 13.8 Å². The summed E-state index contributed by atoms with van der Waals surface area (Å²) in [4.78, 5) is 1.28. The van der Waals surface area contributed by atoms with Crippen molar-refractivity contribution in [2.45, 2.75) is 19.9 Å². The van der Waals surface area contributed by atoms with Crippen LogP contribution in [-0.4, -0.2) is 6.54 Å². The molecule has 0 radical (unpaired) electrons. The van der Waals surface area contributed by atoms with Gasteiger partial charge in [0.15, 0.2) is 0 Å². The summed E-state index contributed by atoms with van der Waals surface area (Å²) in [7, 11) is 0. The largest absolute Gasteiger partial charge is 0.376 e. The molecule has 0 aliphatic rings. The number of hydrogen-bond acceptors (Lipinski definition) is 3. The van der Waals surface area contributed by atoms with Crippen molar-refractivity contribution < 1.29 is 0 Å². The zero-order chi connectivity index (χ0) is 12.3. The molecule has 1 aromatic carbocycles. The number of nitrogens with one attached hydrogen (secondary N) is 1. The molecule has 3 N–H and O–H groups in total. The van der Waals surface area contributed by atoms with Crippen LogP contribution in [0.25, 0.3) is 0 Å². The molecule has 1 aromatic heterocycles. The van der Waals surface area contributed by atoms with Gasteiger partial charge in [-0.15, -0.1) is 11.3 Å². The predicted octanol–water partition coefficient (Wildman–Crippen LogP) is 3.48. The Balaban J connectivity index is 2.16. The fourth-order valence-electron chi connectivity index (χ4n) is 1.77. The van der Waals surface area contributed by atoms with Crippen LogP contribution in [-0.2, 0) is 0 Å². The summed E-state index contributed by atoms with van der Waals surface area (Å²) in [5.41, 5.74) is 9.58. The van der Waals surface area contributed by atoms with Crippen LogP contribution < -0.4 is 11.1 Å². The number of nitrogens with two attached hydrogens (primary N) is 1. The Labute approximate surface area is 106 Å². The van der Waals surface area contributed by atoms with Gasteiger partial charge in [0, 0.05) is 17.1 Å². The van der Waals surface area contributed by atoms with Crippen molar-refractivity contribution in [3.8, 4) is 0 Å². The third kappa shape index (κ3) is 2.87. The number of hydrogen-bond donors (Lipinski definition) is 2. The van der Waals surface area contributed by atoms with Crippen molar-refractivity contribution in [2.75, 3.05) is 11.9 Å². The fraction of sp³-hybridized carbons (Fsp3) is 0.286. The Bertz CT molecular complexity index is 477. The molecule has 0 amide bonds. The van der Waals surface area contributed by atoms with Gasteiger partial charge in [-0.1, -0.05) is 12.1 Å². The first-order valence-electron chi connectivity index (χ1n) is 5.78. The van der Waals surface area contributed by atoms with Gasteiger partial charge in [0.1, 0.15) is 0 Å². The molecule has 90 valence electrons. The van der Waals surface area contributed by atoms with E-state index in [1.165, 1.54) is 16.0 Å². The summed E-state index contributed by atoms with van der Waals surface area (Å²) in [5.74, 6) is 0. The minimum Gasteiger partial charge on any atom is -0.376 e. The van der Waals surface area contributed by atoms with Crippen molar-refractivity contribution in [3.05, 3.63) is 51.7 Å². The van der Waals surface area contributed by atoms with E-state index in [0.29, 0.717) is 6.54 Å². The fourth-order valence-corrected chi connectivity index (χ4v) is 2.56. The van der Waals surface area contributed by atoms with Crippen molar-refractivity contribution in [2.24, 2.45) is 5.73 Å². The summed E-state index contributed by atoms with van der Waals surface area (Å²) in [6.45, 7) is 4.86. The second kappa shape index (κ2) is 5.34.